The lowest BCUT2D eigenvalue weighted by molar-refractivity contribution is 0.175. The van der Waals surface area contributed by atoms with Crippen molar-refractivity contribution >= 4 is 16.5 Å². The van der Waals surface area contributed by atoms with Crippen molar-refractivity contribution < 1.29 is 5.11 Å². The lowest BCUT2D eigenvalue weighted by atomic mass is 10.3. The number of β-amino-alcohol motifs (C(OH)–C–C–N with tert-alkyl or cyclic N) is 1. The van der Waals surface area contributed by atoms with Crippen LogP contribution in [0.3, 0.4) is 0 Å². The number of aromatic nitrogens is 1. The van der Waals surface area contributed by atoms with Gasteiger partial charge in [0, 0.05) is 30.7 Å². The molecule has 5 heteroatoms. The van der Waals surface area contributed by atoms with Crippen LogP contribution in [0.2, 0.25) is 0 Å². The molecule has 3 N–H and O–H groups in total. The summed E-state index contributed by atoms with van der Waals surface area (Å²) in [6, 6.07) is 0. The van der Waals surface area contributed by atoms with Gasteiger partial charge in [-0.15, -0.1) is 11.3 Å². The van der Waals surface area contributed by atoms with Gasteiger partial charge in [-0.25, -0.2) is 4.98 Å². The maximum Gasteiger partial charge on any atom is 0.180 e. The van der Waals surface area contributed by atoms with Gasteiger partial charge in [0.05, 0.1) is 6.10 Å². The van der Waals surface area contributed by atoms with E-state index in [9.17, 15) is 5.11 Å². The molecule has 1 fully saturated rings. The molecule has 0 bridgehead atoms. The monoisotopic (exact) mass is 199 g/mol. The molecule has 0 spiro atoms. The number of anilines is 1. The Morgan fingerprint density at radius 3 is 3.15 bits per heavy atom. The Kier molecular flexibility index (Phi) is 2.48. The minimum absolute atomic E-state index is 0.148. The lowest BCUT2D eigenvalue weighted by Gasteiger charge is -2.12. The van der Waals surface area contributed by atoms with E-state index < -0.39 is 0 Å². The second-order valence-electron chi connectivity index (χ2n) is 3.34. The molecule has 0 radical (unpaired) electrons. The van der Waals surface area contributed by atoms with Crippen molar-refractivity contribution in [2.75, 3.05) is 18.8 Å². The third-order valence-electron chi connectivity index (χ3n) is 2.20. The standard InChI is InChI=1S/C8H13N3OS/c9-8-10-3-7(13-8)5-11-2-1-6(12)4-11/h3,6,12H,1-2,4-5H2,(H2,9,10)/t6-/m0/s1. The second kappa shape index (κ2) is 3.61. The fourth-order valence-electron chi connectivity index (χ4n) is 1.57. The van der Waals surface area contributed by atoms with Crippen LogP contribution in [0.5, 0.6) is 0 Å². The number of nitrogens with zero attached hydrogens (tertiary/aromatic N) is 2. The first-order valence-electron chi connectivity index (χ1n) is 4.34. The van der Waals surface area contributed by atoms with Gasteiger partial charge in [-0.1, -0.05) is 0 Å². The highest BCUT2D eigenvalue weighted by molar-refractivity contribution is 7.15. The Balaban J connectivity index is 1.91. The number of hydrogen-bond acceptors (Lipinski definition) is 5. The Morgan fingerprint density at radius 1 is 1.77 bits per heavy atom. The van der Waals surface area contributed by atoms with Crippen molar-refractivity contribution in [3.63, 3.8) is 0 Å². The summed E-state index contributed by atoms with van der Waals surface area (Å²) in [6.07, 6.45) is 2.55. The van der Waals surface area contributed by atoms with Crippen molar-refractivity contribution in [1.82, 2.24) is 9.88 Å². The highest BCUT2D eigenvalue weighted by Crippen LogP contribution is 2.19. The van der Waals surface area contributed by atoms with E-state index in [-0.39, 0.29) is 6.10 Å². The van der Waals surface area contributed by atoms with E-state index in [0.29, 0.717) is 5.13 Å². The quantitative estimate of drug-likeness (QED) is 0.718. The largest absolute Gasteiger partial charge is 0.392 e. The zero-order chi connectivity index (χ0) is 9.26. The molecule has 1 aliphatic rings. The number of rotatable bonds is 2. The summed E-state index contributed by atoms with van der Waals surface area (Å²) < 4.78 is 0. The molecule has 1 aromatic rings. The highest BCUT2D eigenvalue weighted by Gasteiger charge is 2.20. The third-order valence-corrected chi connectivity index (χ3v) is 3.01. The first-order valence-corrected chi connectivity index (χ1v) is 5.16. The molecule has 0 aliphatic carbocycles. The summed E-state index contributed by atoms with van der Waals surface area (Å²) in [5.41, 5.74) is 5.52. The molecule has 4 nitrogen and oxygen atoms in total. The van der Waals surface area contributed by atoms with E-state index in [4.69, 9.17) is 5.73 Å². The molecule has 1 aliphatic heterocycles. The summed E-state index contributed by atoms with van der Waals surface area (Å²) in [4.78, 5) is 7.38. The van der Waals surface area contributed by atoms with Crippen LogP contribution < -0.4 is 5.73 Å². The Bertz CT molecular complexity index is 289. The summed E-state index contributed by atoms with van der Waals surface area (Å²) >= 11 is 1.52. The number of aliphatic hydroxyl groups excluding tert-OH is 1. The first-order chi connectivity index (χ1) is 6.24. The molecule has 0 aromatic carbocycles. The van der Waals surface area contributed by atoms with Crippen molar-refractivity contribution in [3.8, 4) is 0 Å². The minimum atomic E-state index is -0.148. The maximum atomic E-state index is 9.30. The van der Waals surface area contributed by atoms with Crippen LogP contribution in [0.25, 0.3) is 0 Å². The molecule has 72 valence electrons. The van der Waals surface area contributed by atoms with Crippen molar-refractivity contribution in [1.29, 1.82) is 0 Å². The van der Waals surface area contributed by atoms with Gasteiger partial charge >= 0.3 is 0 Å². The molecule has 0 amide bonds. The number of nitrogen functional groups attached to an aromatic ring is 1. The summed E-state index contributed by atoms with van der Waals surface area (Å²) in [5, 5.41) is 9.92. The average Bonchev–Trinajstić information content (AvgIpc) is 2.62. The lowest BCUT2D eigenvalue weighted by Crippen LogP contribution is -2.20. The van der Waals surface area contributed by atoms with Crippen LogP contribution in [0.15, 0.2) is 6.20 Å². The zero-order valence-corrected chi connectivity index (χ0v) is 8.13. The smallest absolute Gasteiger partial charge is 0.180 e. The first kappa shape index (κ1) is 8.93. The van der Waals surface area contributed by atoms with Gasteiger partial charge in [0.25, 0.3) is 0 Å². The number of aliphatic hydroxyl groups is 1. The number of hydrogen-bond donors (Lipinski definition) is 2. The van der Waals surface area contributed by atoms with Gasteiger partial charge in [-0.3, -0.25) is 4.90 Å². The summed E-state index contributed by atoms with van der Waals surface area (Å²) in [7, 11) is 0. The van der Waals surface area contributed by atoms with Crippen LogP contribution in [0, 0.1) is 0 Å². The van der Waals surface area contributed by atoms with Gasteiger partial charge in [0.2, 0.25) is 0 Å². The van der Waals surface area contributed by atoms with E-state index in [1.807, 2.05) is 6.20 Å². The van der Waals surface area contributed by atoms with E-state index in [1.54, 1.807) is 0 Å². The summed E-state index contributed by atoms with van der Waals surface area (Å²) in [6.45, 7) is 2.61. The topological polar surface area (TPSA) is 62.4 Å². The molecular formula is C8H13N3OS. The minimum Gasteiger partial charge on any atom is -0.392 e. The Morgan fingerprint density at radius 2 is 2.62 bits per heavy atom. The van der Waals surface area contributed by atoms with Gasteiger partial charge in [-0.2, -0.15) is 0 Å². The molecule has 13 heavy (non-hydrogen) atoms. The number of nitrogens with two attached hydrogens (primary N) is 1. The predicted octanol–water partition coefficient (Wildman–Crippen LogP) is 0.292. The van der Waals surface area contributed by atoms with Crippen molar-refractivity contribution in [3.05, 3.63) is 11.1 Å². The van der Waals surface area contributed by atoms with Crippen LogP contribution in [-0.4, -0.2) is 34.2 Å². The highest BCUT2D eigenvalue weighted by atomic mass is 32.1. The molecule has 2 rings (SSSR count). The molecular weight excluding hydrogens is 186 g/mol. The van der Waals surface area contributed by atoms with Crippen LogP contribution in [-0.2, 0) is 6.54 Å². The van der Waals surface area contributed by atoms with Gasteiger partial charge in [0.15, 0.2) is 5.13 Å². The maximum absolute atomic E-state index is 9.30. The predicted molar refractivity (Wildman–Crippen MR) is 52.4 cm³/mol. The van der Waals surface area contributed by atoms with Crippen molar-refractivity contribution in [2.24, 2.45) is 0 Å². The average molecular weight is 199 g/mol. The zero-order valence-electron chi connectivity index (χ0n) is 7.31. The van der Waals surface area contributed by atoms with Gasteiger partial charge in [0.1, 0.15) is 0 Å². The molecule has 1 aromatic heterocycles. The second-order valence-corrected chi connectivity index (χ2v) is 4.49. The molecule has 1 atom stereocenters. The van der Waals surface area contributed by atoms with E-state index in [0.717, 1.165) is 26.1 Å². The third kappa shape index (κ3) is 2.18. The van der Waals surface area contributed by atoms with E-state index >= 15 is 0 Å². The summed E-state index contributed by atoms with van der Waals surface area (Å²) in [5.74, 6) is 0. The number of likely N-dealkylation sites (tertiary alicyclic amines) is 1. The van der Waals surface area contributed by atoms with Crippen LogP contribution in [0.4, 0.5) is 5.13 Å². The number of thiazole rings is 1. The van der Waals surface area contributed by atoms with Crippen LogP contribution >= 0.6 is 11.3 Å². The molecule has 0 unspecified atom stereocenters. The Hall–Kier alpha value is -0.650. The van der Waals surface area contributed by atoms with E-state index in [1.165, 1.54) is 16.2 Å². The molecule has 0 saturated carbocycles. The van der Waals surface area contributed by atoms with E-state index in [2.05, 4.69) is 9.88 Å². The normalized spacial score (nSPS) is 23.9. The molecule has 1 saturated heterocycles. The van der Waals surface area contributed by atoms with Crippen LogP contribution in [0.1, 0.15) is 11.3 Å². The van der Waals surface area contributed by atoms with Crippen molar-refractivity contribution in [2.45, 2.75) is 19.1 Å². The SMILES string of the molecule is Nc1ncc(CN2CC[C@H](O)C2)s1. The fraction of sp³-hybridized carbons (Fsp3) is 0.625. The fourth-order valence-corrected chi connectivity index (χ4v) is 2.30. The van der Waals surface area contributed by atoms with Gasteiger partial charge < -0.3 is 10.8 Å². The molecule has 2 heterocycles. The van der Waals surface area contributed by atoms with Gasteiger partial charge in [-0.05, 0) is 6.42 Å². The Labute approximate surface area is 81.0 Å².